The molecule has 5 rings (SSSR count). The van der Waals surface area contributed by atoms with Gasteiger partial charge in [0.05, 0.1) is 19.8 Å². The van der Waals surface area contributed by atoms with Crippen LogP contribution in [-0.2, 0) is 19.1 Å². The van der Waals surface area contributed by atoms with Gasteiger partial charge in [0.15, 0.2) is 0 Å². The number of alkyl carbamates (subject to hydrolysis) is 1. The van der Waals surface area contributed by atoms with Gasteiger partial charge in [-0.05, 0) is 74.1 Å². The second-order valence-electron chi connectivity index (χ2n) is 10.4. The van der Waals surface area contributed by atoms with E-state index in [1.165, 1.54) is 19.2 Å². The number of nitrogens with one attached hydrogen (secondary N) is 2. The van der Waals surface area contributed by atoms with Crippen LogP contribution in [0.3, 0.4) is 0 Å². The van der Waals surface area contributed by atoms with Crippen molar-refractivity contribution in [3.8, 4) is 0 Å². The predicted molar refractivity (Wildman–Crippen MR) is 144 cm³/mol. The molecule has 4 unspecified atom stereocenters. The van der Waals surface area contributed by atoms with Crippen molar-refractivity contribution in [1.82, 2.24) is 10.2 Å². The van der Waals surface area contributed by atoms with E-state index in [1.807, 2.05) is 36.4 Å². The fraction of sp³-hybridized carbons (Fsp3) is 0.483. The molecule has 0 radical (unpaired) electrons. The zero-order valence-corrected chi connectivity index (χ0v) is 22.1. The Kier molecular flexibility index (Phi) is 8.30. The van der Waals surface area contributed by atoms with Crippen molar-refractivity contribution in [2.75, 3.05) is 43.6 Å². The molecule has 4 atom stereocenters. The predicted octanol–water partition coefficient (Wildman–Crippen LogP) is 3.86. The molecule has 9 nitrogen and oxygen atoms in total. The molecule has 2 aromatic rings. The first-order valence-electron chi connectivity index (χ1n) is 13.6. The van der Waals surface area contributed by atoms with E-state index >= 15 is 0 Å². The van der Waals surface area contributed by atoms with E-state index in [9.17, 15) is 18.8 Å². The lowest BCUT2D eigenvalue weighted by molar-refractivity contribution is -0.139. The van der Waals surface area contributed by atoms with Crippen LogP contribution in [0.5, 0.6) is 0 Å². The topological polar surface area (TPSA) is 100 Å². The maximum Gasteiger partial charge on any atom is 0.407 e. The summed E-state index contributed by atoms with van der Waals surface area (Å²) in [6, 6.07) is 13.1. The summed E-state index contributed by atoms with van der Waals surface area (Å²) in [5, 5.41) is 5.63. The lowest BCUT2D eigenvalue weighted by Crippen LogP contribution is -2.55. The molecule has 2 aromatic carbocycles. The SMILES string of the molecule is COC(=O)NC(C(=O)N1CCCC1C(=O)Nc1ccc(C2CCCN2c2ccc(F)cc2)cc1)C1CCOC1. The number of carbonyl (C=O) groups excluding carboxylic acids is 3. The first-order valence-corrected chi connectivity index (χ1v) is 13.6. The Hall–Kier alpha value is -3.66. The zero-order chi connectivity index (χ0) is 27.4. The lowest BCUT2D eigenvalue weighted by atomic mass is 9.97. The van der Waals surface area contributed by atoms with Gasteiger partial charge >= 0.3 is 6.09 Å². The summed E-state index contributed by atoms with van der Waals surface area (Å²) in [4.78, 5) is 42.6. The average Bonchev–Trinajstić information content (AvgIpc) is 3.74. The first kappa shape index (κ1) is 26.9. The van der Waals surface area contributed by atoms with E-state index in [1.54, 1.807) is 4.90 Å². The van der Waals surface area contributed by atoms with Crippen LogP contribution in [0.1, 0.15) is 43.7 Å². The maximum atomic E-state index is 13.5. The number of ether oxygens (including phenoxy) is 2. The van der Waals surface area contributed by atoms with Gasteiger partial charge in [-0.3, -0.25) is 9.59 Å². The molecule has 0 aliphatic carbocycles. The lowest BCUT2D eigenvalue weighted by Gasteiger charge is -2.30. The summed E-state index contributed by atoms with van der Waals surface area (Å²) in [5.74, 6) is -0.952. The fourth-order valence-corrected chi connectivity index (χ4v) is 5.93. The Labute approximate surface area is 227 Å². The summed E-state index contributed by atoms with van der Waals surface area (Å²) >= 11 is 0. The van der Waals surface area contributed by atoms with Crippen molar-refractivity contribution in [2.24, 2.45) is 5.92 Å². The molecule has 3 amide bonds. The van der Waals surface area contributed by atoms with Crippen molar-refractivity contribution in [1.29, 1.82) is 0 Å². The minimum atomic E-state index is -0.803. The molecule has 0 bridgehead atoms. The standard InChI is InChI=1S/C29H35FN4O5/c1-38-29(37)32-26(20-14-17-39-18-20)28(36)34-16-3-5-25(34)27(35)31-22-10-6-19(7-11-22)24-4-2-15-33(24)23-12-8-21(30)9-13-23/h6-13,20,24-26H,2-5,14-18H2,1H3,(H,31,35)(H,32,37). The van der Waals surface area contributed by atoms with Crippen LogP contribution >= 0.6 is 0 Å². The van der Waals surface area contributed by atoms with Gasteiger partial charge in [-0.1, -0.05) is 12.1 Å². The number of hydrogen-bond acceptors (Lipinski definition) is 6. The maximum absolute atomic E-state index is 13.5. The van der Waals surface area contributed by atoms with Gasteiger partial charge in [0.2, 0.25) is 11.8 Å². The van der Waals surface area contributed by atoms with Gasteiger partial charge in [-0.15, -0.1) is 0 Å². The highest BCUT2D eigenvalue weighted by Gasteiger charge is 2.41. The normalized spacial score (nSPS) is 23.5. The molecule has 208 valence electrons. The smallest absolute Gasteiger partial charge is 0.407 e. The van der Waals surface area contributed by atoms with E-state index < -0.39 is 18.2 Å². The number of nitrogens with zero attached hydrogens (tertiary/aromatic N) is 2. The van der Waals surface area contributed by atoms with Crippen molar-refractivity contribution < 1.29 is 28.2 Å². The number of amides is 3. The van der Waals surface area contributed by atoms with Crippen molar-refractivity contribution in [3.63, 3.8) is 0 Å². The third-order valence-corrected chi connectivity index (χ3v) is 7.97. The summed E-state index contributed by atoms with van der Waals surface area (Å²) < 4.78 is 23.6. The van der Waals surface area contributed by atoms with E-state index in [2.05, 4.69) is 15.5 Å². The molecule has 0 saturated carbocycles. The number of halogens is 1. The number of methoxy groups -OCH3 is 1. The molecule has 39 heavy (non-hydrogen) atoms. The molecule has 3 saturated heterocycles. The average molecular weight is 539 g/mol. The third-order valence-electron chi connectivity index (χ3n) is 7.97. The summed E-state index contributed by atoms with van der Waals surface area (Å²) in [7, 11) is 1.26. The number of carbonyl (C=O) groups is 3. The molecule has 3 aliphatic rings. The van der Waals surface area contributed by atoms with Gasteiger partial charge in [-0.2, -0.15) is 0 Å². The van der Waals surface area contributed by atoms with Crippen molar-refractivity contribution in [2.45, 2.75) is 50.2 Å². The molecule has 10 heteroatoms. The minimum Gasteiger partial charge on any atom is -0.453 e. The number of benzene rings is 2. The highest BCUT2D eigenvalue weighted by atomic mass is 19.1. The van der Waals surface area contributed by atoms with E-state index in [4.69, 9.17) is 9.47 Å². The molecule has 0 aromatic heterocycles. The molecular weight excluding hydrogens is 503 g/mol. The van der Waals surface area contributed by atoms with E-state index in [0.717, 1.165) is 30.6 Å². The van der Waals surface area contributed by atoms with Crippen LogP contribution in [0, 0.1) is 11.7 Å². The van der Waals surface area contributed by atoms with Gasteiger partial charge < -0.3 is 29.9 Å². The van der Waals surface area contributed by atoms with Gasteiger partial charge in [0.25, 0.3) is 0 Å². The first-order chi connectivity index (χ1) is 18.9. The van der Waals surface area contributed by atoms with Crippen LogP contribution in [-0.4, -0.2) is 68.3 Å². The third kappa shape index (κ3) is 6.00. The zero-order valence-electron chi connectivity index (χ0n) is 22.1. The Balaban J connectivity index is 1.24. The van der Waals surface area contributed by atoms with Crippen molar-refractivity contribution >= 4 is 29.3 Å². The summed E-state index contributed by atoms with van der Waals surface area (Å²) in [5.41, 5.74) is 2.78. The quantitative estimate of drug-likeness (QED) is 0.556. The van der Waals surface area contributed by atoms with Gasteiger partial charge in [0, 0.05) is 37.0 Å². The fourth-order valence-electron chi connectivity index (χ4n) is 5.93. The molecule has 3 heterocycles. The number of hydrogen-bond donors (Lipinski definition) is 2. The Morgan fingerprint density at radius 2 is 1.74 bits per heavy atom. The Morgan fingerprint density at radius 3 is 2.44 bits per heavy atom. The van der Waals surface area contributed by atoms with Crippen LogP contribution in [0.2, 0.25) is 0 Å². The van der Waals surface area contributed by atoms with Gasteiger partial charge in [0.1, 0.15) is 17.9 Å². The van der Waals surface area contributed by atoms with Gasteiger partial charge in [-0.25, -0.2) is 9.18 Å². The second kappa shape index (κ2) is 12.0. The molecule has 0 spiro atoms. The summed E-state index contributed by atoms with van der Waals surface area (Å²) in [6.07, 6.45) is 3.27. The molecule has 2 N–H and O–H groups in total. The highest BCUT2D eigenvalue weighted by Crippen LogP contribution is 2.36. The molecular formula is C29H35FN4O5. The number of anilines is 2. The van der Waals surface area contributed by atoms with E-state index in [0.29, 0.717) is 44.7 Å². The second-order valence-corrected chi connectivity index (χ2v) is 10.4. The van der Waals surface area contributed by atoms with Crippen LogP contribution in [0.25, 0.3) is 0 Å². The highest BCUT2D eigenvalue weighted by molar-refractivity contribution is 5.98. The largest absolute Gasteiger partial charge is 0.453 e. The van der Waals surface area contributed by atoms with Crippen LogP contribution in [0.4, 0.5) is 20.6 Å². The number of likely N-dealkylation sites (tertiary alicyclic amines) is 1. The molecule has 3 aliphatic heterocycles. The van der Waals surface area contributed by atoms with Crippen molar-refractivity contribution in [3.05, 3.63) is 59.9 Å². The van der Waals surface area contributed by atoms with E-state index in [-0.39, 0.29) is 29.6 Å². The van der Waals surface area contributed by atoms with Crippen LogP contribution in [0.15, 0.2) is 48.5 Å². The molecule has 3 fully saturated rings. The minimum absolute atomic E-state index is 0.168. The Morgan fingerprint density at radius 1 is 1.00 bits per heavy atom. The Bertz CT molecular complexity index is 1170. The monoisotopic (exact) mass is 538 g/mol. The summed E-state index contributed by atoms with van der Waals surface area (Å²) in [6.45, 7) is 2.25. The number of rotatable bonds is 7. The van der Waals surface area contributed by atoms with Crippen LogP contribution < -0.4 is 15.5 Å².